The number of hydrogen-bond donors (Lipinski definition) is 1. The maximum Gasteiger partial charge on any atom is 0.0717 e. The van der Waals surface area contributed by atoms with E-state index in [4.69, 9.17) is 4.74 Å². The van der Waals surface area contributed by atoms with Gasteiger partial charge in [0.25, 0.3) is 0 Å². The van der Waals surface area contributed by atoms with E-state index in [1.165, 1.54) is 5.56 Å². The molecule has 1 aliphatic rings. The van der Waals surface area contributed by atoms with Crippen LogP contribution < -0.4 is 0 Å². The zero-order chi connectivity index (χ0) is 11.2. The largest absolute Gasteiger partial charge is 0.393 e. The molecule has 1 saturated carbocycles. The molecule has 2 nitrogen and oxygen atoms in total. The van der Waals surface area contributed by atoms with E-state index in [0.717, 1.165) is 32.3 Å². The molecular formula is C14H20O2. The highest BCUT2D eigenvalue weighted by Gasteiger charge is 2.19. The Kier molecular flexibility index (Phi) is 4.37. The molecule has 0 aliphatic heterocycles. The summed E-state index contributed by atoms with van der Waals surface area (Å²) in [6, 6.07) is 10.3. The van der Waals surface area contributed by atoms with Crippen molar-refractivity contribution in [2.45, 2.75) is 38.4 Å². The second-order valence-corrected chi connectivity index (χ2v) is 4.68. The Morgan fingerprint density at radius 3 is 2.44 bits per heavy atom. The molecule has 0 aromatic heterocycles. The molecule has 2 rings (SSSR count). The molecule has 88 valence electrons. The Labute approximate surface area is 97.3 Å². The van der Waals surface area contributed by atoms with Gasteiger partial charge in [-0.3, -0.25) is 0 Å². The number of hydrogen-bond acceptors (Lipinski definition) is 2. The van der Waals surface area contributed by atoms with Gasteiger partial charge in [0.05, 0.1) is 12.7 Å². The topological polar surface area (TPSA) is 29.5 Å². The van der Waals surface area contributed by atoms with Crippen LogP contribution in [0.15, 0.2) is 30.3 Å². The second-order valence-electron chi connectivity index (χ2n) is 4.68. The Balaban J connectivity index is 1.65. The summed E-state index contributed by atoms with van der Waals surface area (Å²) >= 11 is 0. The van der Waals surface area contributed by atoms with Crippen molar-refractivity contribution < 1.29 is 9.84 Å². The third kappa shape index (κ3) is 3.62. The van der Waals surface area contributed by atoms with Crippen LogP contribution in [0.2, 0.25) is 0 Å². The molecule has 0 atom stereocenters. The van der Waals surface area contributed by atoms with E-state index < -0.39 is 0 Å². The van der Waals surface area contributed by atoms with Crippen LogP contribution in [0.3, 0.4) is 0 Å². The predicted octanol–water partition coefficient (Wildman–Crippen LogP) is 2.75. The fraction of sp³-hybridized carbons (Fsp3) is 0.571. The molecule has 0 saturated heterocycles. The van der Waals surface area contributed by atoms with Gasteiger partial charge in [-0.25, -0.2) is 0 Å². The smallest absolute Gasteiger partial charge is 0.0717 e. The summed E-state index contributed by atoms with van der Waals surface area (Å²) in [6.45, 7) is 1.54. The lowest BCUT2D eigenvalue weighted by atomic mass is 9.88. The Morgan fingerprint density at radius 1 is 1.06 bits per heavy atom. The molecule has 16 heavy (non-hydrogen) atoms. The fourth-order valence-electron chi connectivity index (χ4n) is 2.23. The summed E-state index contributed by atoms with van der Waals surface area (Å²) in [7, 11) is 0. The normalized spacial score (nSPS) is 25.6. The van der Waals surface area contributed by atoms with Crippen LogP contribution in [0.5, 0.6) is 0 Å². The molecule has 1 aliphatic carbocycles. The zero-order valence-electron chi connectivity index (χ0n) is 9.64. The van der Waals surface area contributed by atoms with Gasteiger partial charge < -0.3 is 9.84 Å². The molecule has 0 amide bonds. The molecule has 0 heterocycles. The van der Waals surface area contributed by atoms with Crippen molar-refractivity contribution in [1.82, 2.24) is 0 Å². The number of rotatable bonds is 4. The van der Waals surface area contributed by atoms with Gasteiger partial charge in [0, 0.05) is 6.61 Å². The van der Waals surface area contributed by atoms with Gasteiger partial charge >= 0.3 is 0 Å². The van der Waals surface area contributed by atoms with E-state index in [1.54, 1.807) is 0 Å². The van der Waals surface area contributed by atoms with Crippen molar-refractivity contribution in [3.63, 3.8) is 0 Å². The molecule has 2 heteroatoms. The minimum absolute atomic E-state index is 0.0645. The van der Waals surface area contributed by atoms with Crippen molar-refractivity contribution >= 4 is 0 Å². The molecule has 0 radical (unpaired) electrons. The Hall–Kier alpha value is -0.860. The lowest BCUT2D eigenvalue weighted by Gasteiger charge is -2.25. The van der Waals surface area contributed by atoms with Crippen LogP contribution in [0.25, 0.3) is 0 Å². The van der Waals surface area contributed by atoms with Crippen molar-refractivity contribution in [3.05, 3.63) is 35.9 Å². The molecule has 0 spiro atoms. The van der Waals surface area contributed by atoms with Crippen LogP contribution in [0.4, 0.5) is 0 Å². The van der Waals surface area contributed by atoms with Crippen molar-refractivity contribution in [1.29, 1.82) is 0 Å². The van der Waals surface area contributed by atoms with Crippen molar-refractivity contribution in [2.24, 2.45) is 5.92 Å². The van der Waals surface area contributed by atoms with E-state index in [9.17, 15) is 5.11 Å². The summed E-state index contributed by atoms with van der Waals surface area (Å²) in [5, 5.41) is 9.39. The van der Waals surface area contributed by atoms with E-state index in [0.29, 0.717) is 12.5 Å². The number of aliphatic hydroxyl groups is 1. The van der Waals surface area contributed by atoms with E-state index in [2.05, 4.69) is 12.1 Å². The van der Waals surface area contributed by atoms with Gasteiger partial charge in [0.2, 0.25) is 0 Å². The first-order valence-electron chi connectivity index (χ1n) is 6.14. The monoisotopic (exact) mass is 220 g/mol. The minimum atomic E-state index is -0.0645. The number of benzene rings is 1. The molecule has 1 fully saturated rings. The highest BCUT2D eigenvalue weighted by Crippen LogP contribution is 2.24. The third-order valence-corrected chi connectivity index (χ3v) is 3.28. The molecule has 1 aromatic carbocycles. The Morgan fingerprint density at radius 2 is 1.75 bits per heavy atom. The van der Waals surface area contributed by atoms with Gasteiger partial charge in [-0.2, -0.15) is 0 Å². The summed E-state index contributed by atoms with van der Waals surface area (Å²) in [5.41, 5.74) is 1.23. The first kappa shape index (κ1) is 11.6. The SMILES string of the molecule is OC1CCC(COCc2ccccc2)CC1. The first-order chi connectivity index (χ1) is 7.84. The lowest BCUT2D eigenvalue weighted by Crippen LogP contribution is -2.21. The molecular weight excluding hydrogens is 200 g/mol. The molecule has 0 unspecified atom stereocenters. The van der Waals surface area contributed by atoms with Gasteiger partial charge in [-0.1, -0.05) is 30.3 Å². The standard InChI is InChI=1S/C14H20O2/c15-14-8-6-13(7-9-14)11-16-10-12-4-2-1-3-5-12/h1-5,13-15H,6-11H2. The summed E-state index contributed by atoms with van der Waals surface area (Å²) < 4.78 is 5.71. The molecule has 1 N–H and O–H groups in total. The lowest BCUT2D eigenvalue weighted by molar-refractivity contribution is 0.0445. The second kappa shape index (κ2) is 6.02. The van der Waals surface area contributed by atoms with E-state index in [-0.39, 0.29) is 6.10 Å². The van der Waals surface area contributed by atoms with Gasteiger partial charge in [-0.05, 0) is 37.2 Å². The highest BCUT2D eigenvalue weighted by atomic mass is 16.5. The first-order valence-corrected chi connectivity index (χ1v) is 6.14. The zero-order valence-corrected chi connectivity index (χ0v) is 9.64. The van der Waals surface area contributed by atoms with Crippen LogP contribution in [-0.2, 0) is 11.3 Å². The Bertz CT molecular complexity index is 289. The van der Waals surface area contributed by atoms with Crippen LogP contribution >= 0.6 is 0 Å². The molecule has 1 aromatic rings. The van der Waals surface area contributed by atoms with Gasteiger partial charge in [0.1, 0.15) is 0 Å². The minimum Gasteiger partial charge on any atom is -0.393 e. The average Bonchev–Trinajstić information content (AvgIpc) is 2.33. The van der Waals surface area contributed by atoms with Crippen LogP contribution in [0, 0.1) is 5.92 Å². The maximum atomic E-state index is 9.39. The maximum absolute atomic E-state index is 9.39. The fourth-order valence-corrected chi connectivity index (χ4v) is 2.23. The number of ether oxygens (including phenoxy) is 1. The van der Waals surface area contributed by atoms with Crippen molar-refractivity contribution in [3.8, 4) is 0 Å². The summed E-state index contributed by atoms with van der Waals surface area (Å²) in [5.74, 6) is 0.645. The van der Waals surface area contributed by atoms with E-state index in [1.807, 2.05) is 18.2 Å². The highest BCUT2D eigenvalue weighted by molar-refractivity contribution is 5.13. The third-order valence-electron chi connectivity index (χ3n) is 3.28. The summed E-state index contributed by atoms with van der Waals surface area (Å²) in [6.07, 6.45) is 4.04. The quantitative estimate of drug-likeness (QED) is 0.845. The van der Waals surface area contributed by atoms with Gasteiger partial charge in [-0.15, -0.1) is 0 Å². The summed E-state index contributed by atoms with van der Waals surface area (Å²) in [4.78, 5) is 0. The van der Waals surface area contributed by atoms with Crippen LogP contribution in [0.1, 0.15) is 31.2 Å². The van der Waals surface area contributed by atoms with Gasteiger partial charge in [0.15, 0.2) is 0 Å². The number of aliphatic hydroxyl groups excluding tert-OH is 1. The van der Waals surface area contributed by atoms with Crippen molar-refractivity contribution in [2.75, 3.05) is 6.61 Å². The predicted molar refractivity (Wildman–Crippen MR) is 64.1 cm³/mol. The van der Waals surface area contributed by atoms with E-state index >= 15 is 0 Å². The van der Waals surface area contributed by atoms with Crippen LogP contribution in [-0.4, -0.2) is 17.8 Å². The average molecular weight is 220 g/mol. The molecule has 0 bridgehead atoms.